The summed E-state index contributed by atoms with van der Waals surface area (Å²) in [6.07, 6.45) is 0. The average Bonchev–Trinajstić information content (AvgIpc) is 2.83. The summed E-state index contributed by atoms with van der Waals surface area (Å²) in [7, 11) is 0. The first kappa shape index (κ1) is 15.1. The molecule has 0 atom stereocenters. The minimum atomic E-state index is 0.249. The number of rotatable bonds is 2. The Kier molecular flexibility index (Phi) is 4.14. The minimum absolute atomic E-state index is 0.249. The van der Waals surface area contributed by atoms with Crippen LogP contribution in [0.25, 0.3) is 16.9 Å². The summed E-state index contributed by atoms with van der Waals surface area (Å²) in [5.74, 6) is 0.921. The number of alkyl halides is 1. The van der Waals surface area contributed by atoms with Gasteiger partial charge in [-0.1, -0.05) is 23.2 Å². The molecule has 0 spiro atoms. The molecule has 0 fully saturated rings. The molecule has 0 unspecified atom stereocenters. The Bertz CT molecular complexity index is 845. The van der Waals surface area contributed by atoms with E-state index in [4.69, 9.17) is 34.8 Å². The molecule has 0 amide bonds. The zero-order valence-electron chi connectivity index (χ0n) is 10.9. The van der Waals surface area contributed by atoms with Gasteiger partial charge in [-0.2, -0.15) is 0 Å². The summed E-state index contributed by atoms with van der Waals surface area (Å²) in [5, 5.41) is 0.879. The van der Waals surface area contributed by atoms with E-state index in [-0.39, 0.29) is 5.88 Å². The lowest BCUT2D eigenvalue weighted by atomic mass is 10.3. The van der Waals surface area contributed by atoms with Crippen LogP contribution < -0.4 is 0 Å². The fraction of sp³-hybridized carbons (Fsp3) is 0.143. The Balaban J connectivity index is 2.38. The molecule has 2 heterocycles. The van der Waals surface area contributed by atoms with Gasteiger partial charge in [0.2, 0.25) is 0 Å². The third kappa shape index (κ3) is 2.55. The van der Waals surface area contributed by atoms with Gasteiger partial charge in [0.05, 0.1) is 21.6 Å². The van der Waals surface area contributed by atoms with Crippen LogP contribution in [0.1, 0.15) is 11.5 Å². The fourth-order valence-corrected chi connectivity index (χ4v) is 3.16. The van der Waals surface area contributed by atoms with Gasteiger partial charge < -0.3 is 0 Å². The van der Waals surface area contributed by atoms with Gasteiger partial charge >= 0.3 is 0 Å². The molecule has 3 rings (SSSR count). The number of nitrogens with zero attached hydrogens (tertiary/aromatic N) is 3. The molecule has 108 valence electrons. The molecular weight excluding hydrogens is 396 g/mol. The van der Waals surface area contributed by atoms with E-state index in [1.54, 1.807) is 0 Å². The highest BCUT2D eigenvalue weighted by atomic mass is 79.9. The summed E-state index contributed by atoms with van der Waals surface area (Å²) in [6.45, 7) is 1.92. The lowest BCUT2D eigenvalue weighted by molar-refractivity contribution is 0.966. The van der Waals surface area contributed by atoms with Crippen molar-refractivity contribution in [3.63, 3.8) is 0 Å². The van der Waals surface area contributed by atoms with Crippen molar-refractivity contribution in [2.24, 2.45) is 0 Å². The van der Waals surface area contributed by atoms with Gasteiger partial charge in [-0.15, -0.1) is 11.6 Å². The van der Waals surface area contributed by atoms with Gasteiger partial charge in [-0.25, -0.2) is 9.97 Å². The highest BCUT2D eigenvalue weighted by Crippen LogP contribution is 2.36. The van der Waals surface area contributed by atoms with Crippen molar-refractivity contribution in [2.45, 2.75) is 12.8 Å². The average molecular weight is 406 g/mol. The van der Waals surface area contributed by atoms with Gasteiger partial charge in [0, 0.05) is 10.2 Å². The smallest absolute Gasteiger partial charge is 0.165 e. The quantitative estimate of drug-likeness (QED) is 0.414. The largest absolute Gasteiger partial charge is 0.278 e. The summed E-state index contributed by atoms with van der Waals surface area (Å²) < 4.78 is 2.58. The summed E-state index contributed by atoms with van der Waals surface area (Å²) in [5.41, 5.74) is 3.09. The van der Waals surface area contributed by atoms with E-state index in [1.165, 1.54) is 0 Å². The number of hydrogen-bond acceptors (Lipinski definition) is 2. The number of hydrogen-bond donors (Lipinski definition) is 0. The molecule has 7 heteroatoms. The molecule has 0 bridgehead atoms. The van der Waals surface area contributed by atoms with E-state index in [0.717, 1.165) is 15.7 Å². The number of fused-ring (bicyclic) bond motifs is 1. The Morgan fingerprint density at radius 1 is 1.10 bits per heavy atom. The SMILES string of the molecule is Cc1ccc2nc(CCl)n(-c3ccc(Br)c(Cl)c3Cl)c2n1. The minimum Gasteiger partial charge on any atom is -0.278 e. The van der Waals surface area contributed by atoms with Gasteiger partial charge in [0.1, 0.15) is 11.3 Å². The number of pyridine rings is 1. The topological polar surface area (TPSA) is 30.7 Å². The molecule has 0 saturated heterocycles. The van der Waals surface area contributed by atoms with Crippen molar-refractivity contribution in [1.29, 1.82) is 0 Å². The maximum Gasteiger partial charge on any atom is 0.165 e. The Hall–Kier alpha value is -0.810. The number of aromatic nitrogens is 3. The third-order valence-electron chi connectivity index (χ3n) is 3.09. The molecule has 0 aliphatic heterocycles. The molecular formula is C14H9BrCl3N3. The maximum absolute atomic E-state index is 6.38. The molecule has 3 nitrogen and oxygen atoms in total. The molecule has 0 aliphatic rings. The Labute approximate surface area is 145 Å². The van der Waals surface area contributed by atoms with E-state index in [9.17, 15) is 0 Å². The Morgan fingerprint density at radius 3 is 2.57 bits per heavy atom. The number of benzene rings is 1. The molecule has 21 heavy (non-hydrogen) atoms. The second-order valence-electron chi connectivity index (χ2n) is 4.49. The third-order valence-corrected chi connectivity index (χ3v) is 5.09. The highest BCUT2D eigenvalue weighted by molar-refractivity contribution is 9.10. The molecule has 0 N–H and O–H groups in total. The van der Waals surface area contributed by atoms with Gasteiger partial charge in [0.25, 0.3) is 0 Å². The van der Waals surface area contributed by atoms with Gasteiger partial charge in [-0.05, 0) is 47.1 Å². The van der Waals surface area contributed by atoms with Crippen molar-refractivity contribution in [3.8, 4) is 5.69 Å². The number of halogens is 4. The molecule has 3 aromatic rings. The van der Waals surface area contributed by atoms with Crippen molar-refractivity contribution in [1.82, 2.24) is 14.5 Å². The lowest BCUT2D eigenvalue weighted by Gasteiger charge is -2.11. The first-order valence-electron chi connectivity index (χ1n) is 6.07. The second-order valence-corrected chi connectivity index (χ2v) is 6.36. The predicted octanol–water partition coefficient (Wildman–Crippen LogP) is 5.54. The zero-order chi connectivity index (χ0) is 15.1. The van der Waals surface area contributed by atoms with Crippen molar-refractivity contribution in [2.75, 3.05) is 0 Å². The molecule has 1 aromatic carbocycles. The van der Waals surface area contributed by atoms with Crippen molar-refractivity contribution >= 4 is 61.9 Å². The first-order chi connectivity index (χ1) is 10.0. The van der Waals surface area contributed by atoms with Crippen LogP contribution in [-0.4, -0.2) is 14.5 Å². The van der Waals surface area contributed by atoms with Gasteiger partial charge in [0.15, 0.2) is 5.65 Å². The Morgan fingerprint density at radius 2 is 1.86 bits per heavy atom. The van der Waals surface area contributed by atoms with Crippen LogP contribution in [0.5, 0.6) is 0 Å². The summed E-state index contributed by atoms with van der Waals surface area (Å²) >= 11 is 22.0. The molecule has 0 aliphatic carbocycles. The van der Waals surface area contributed by atoms with E-state index in [2.05, 4.69) is 25.9 Å². The van der Waals surface area contributed by atoms with Crippen LogP contribution in [-0.2, 0) is 5.88 Å². The van der Waals surface area contributed by atoms with E-state index in [1.807, 2.05) is 35.8 Å². The zero-order valence-corrected chi connectivity index (χ0v) is 14.7. The maximum atomic E-state index is 6.38. The monoisotopic (exact) mass is 403 g/mol. The van der Waals surface area contributed by atoms with E-state index in [0.29, 0.717) is 27.2 Å². The van der Waals surface area contributed by atoms with Crippen molar-refractivity contribution < 1.29 is 0 Å². The first-order valence-corrected chi connectivity index (χ1v) is 8.16. The molecule has 0 saturated carbocycles. The van der Waals surface area contributed by atoms with E-state index < -0.39 is 0 Å². The van der Waals surface area contributed by atoms with Crippen LogP contribution in [0.15, 0.2) is 28.7 Å². The standard InChI is InChI=1S/C14H9BrCl3N3/c1-7-2-4-9-14(19-7)21(11(6-16)20-9)10-5-3-8(15)12(17)13(10)18/h2-5H,6H2,1H3. The van der Waals surface area contributed by atoms with Crippen LogP contribution >= 0.6 is 50.7 Å². The van der Waals surface area contributed by atoms with Crippen molar-refractivity contribution in [3.05, 3.63) is 50.3 Å². The predicted molar refractivity (Wildman–Crippen MR) is 90.9 cm³/mol. The van der Waals surface area contributed by atoms with Crippen LogP contribution in [0.2, 0.25) is 10.0 Å². The molecule has 0 radical (unpaired) electrons. The normalized spacial score (nSPS) is 11.3. The van der Waals surface area contributed by atoms with E-state index >= 15 is 0 Å². The highest BCUT2D eigenvalue weighted by Gasteiger charge is 2.17. The van der Waals surface area contributed by atoms with Gasteiger partial charge in [-0.3, -0.25) is 4.57 Å². The van der Waals surface area contributed by atoms with Crippen LogP contribution in [0, 0.1) is 6.92 Å². The summed E-state index contributed by atoms with van der Waals surface area (Å²) in [4.78, 5) is 9.04. The fourth-order valence-electron chi connectivity index (χ4n) is 2.13. The number of imidazole rings is 1. The van der Waals surface area contributed by atoms with Crippen LogP contribution in [0.4, 0.5) is 0 Å². The number of aryl methyl sites for hydroxylation is 1. The summed E-state index contributed by atoms with van der Waals surface area (Å²) in [6, 6.07) is 7.52. The van der Waals surface area contributed by atoms with Crippen LogP contribution in [0.3, 0.4) is 0 Å². The lowest BCUT2D eigenvalue weighted by Crippen LogP contribution is -2.02. The molecule has 2 aromatic heterocycles. The second kappa shape index (κ2) is 5.76.